The first-order chi connectivity index (χ1) is 11.2. The molecule has 0 bridgehead atoms. The maximum Gasteiger partial charge on any atom is 0.222 e. The number of rotatable bonds is 2. The van der Waals surface area contributed by atoms with E-state index in [1.165, 1.54) is 0 Å². The maximum absolute atomic E-state index is 5.92. The Hall–Kier alpha value is -2.65. The van der Waals surface area contributed by atoms with Crippen molar-refractivity contribution in [3.8, 4) is 5.82 Å². The predicted molar refractivity (Wildman–Crippen MR) is 95.6 cm³/mol. The quantitative estimate of drug-likeness (QED) is 0.601. The number of hydrogen-bond donors (Lipinski definition) is 3. The Balaban J connectivity index is 0.00000169. The van der Waals surface area contributed by atoms with Crippen molar-refractivity contribution in [2.75, 3.05) is 42.5 Å². The molecule has 9 nitrogen and oxygen atoms in total. The SMILES string of the molecule is Cl.Nc1ncc2c(N)nn(-c3ccc(N4CCNCC4)cn3)c2n1. The molecule has 5 N–H and O–H groups in total. The zero-order chi connectivity index (χ0) is 15.8. The molecule has 4 rings (SSSR count). The lowest BCUT2D eigenvalue weighted by molar-refractivity contribution is 0.588. The summed E-state index contributed by atoms with van der Waals surface area (Å²) in [4.78, 5) is 15.0. The van der Waals surface area contributed by atoms with Gasteiger partial charge < -0.3 is 21.7 Å². The first kappa shape index (κ1) is 16.2. The van der Waals surface area contributed by atoms with Crippen molar-refractivity contribution in [1.82, 2.24) is 30.0 Å². The van der Waals surface area contributed by atoms with Crippen molar-refractivity contribution >= 4 is 40.9 Å². The fourth-order valence-corrected chi connectivity index (χ4v) is 2.71. The summed E-state index contributed by atoms with van der Waals surface area (Å²) in [5.41, 5.74) is 13.2. The van der Waals surface area contributed by atoms with Crippen LogP contribution >= 0.6 is 12.4 Å². The first-order valence-corrected chi connectivity index (χ1v) is 7.41. The molecule has 0 saturated carbocycles. The second-order valence-electron chi connectivity index (χ2n) is 5.37. The van der Waals surface area contributed by atoms with Crippen molar-refractivity contribution < 1.29 is 0 Å². The fourth-order valence-electron chi connectivity index (χ4n) is 2.71. The van der Waals surface area contributed by atoms with Crippen LogP contribution < -0.4 is 21.7 Å². The summed E-state index contributed by atoms with van der Waals surface area (Å²) in [5.74, 6) is 1.17. The van der Waals surface area contributed by atoms with Crippen LogP contribution in [-0.4, -0.2) is 50.9 Å². The number of nitrogens with zero attached hydrogens (tertiary/aromatic N) is 6. The lowest BCUT2D eigenvalue weighted by Gasteiger charge is -2.29. The first-order valence-electron chi connectivity index (χ1n) is 7.41. The third kappa shape index (κ3) is 2.79. The minimum Gasteiger partial charge on any atom is -0.382 e. The van der Waals surface area contributed by atoms with Crippen LogP contribution in [0.15, 0.2) is 24.5 Å². The molecule has 10 heteroatoms. The molecule has 0 unspecified atom stereocenters. The van der Waals surface area contributed by atoms with Crippen molar-refractivity contribution in [1.29, 1.82) is 0 Å². The van der Waals surface area contributed by atoms with E-state index in [-0.39, 0.29) is 18.4 Å². The number of aromatic nitrogens is 5. The summed E-state index contributed by atoms with van der Waals surface area (Å²) in [5, 5.41) is 8.29. The molecule has 0 amide bonds. The zero-order valence-electron chi connectivity index (χ0n) is 12.9. The molecule has 0 atom stereocenters. The van der Waals surface area contributed by atoms with Gasteiger partial charge in [-0.3, -0.25) is 0 Å². The van der Waals surface area contributed by atoms with Gasteiger partial charge in [-0.1, -0.05) is 0 Å². The molecule has 1 aliphatic heterocycles. The third-order valence-electron chi connectivity index (χ3n) is 3.90. The topological polar surface area (TPSA) is 124 Å². The fraction of sp³-hybridized carbons (Fsp3) is 0.286. The lowest BCUT2D eigenvalue weighted by Crippen LogP contribution is -2.43. The summed E-state index contributed by atoms with van der Waals surface area (Å²) < 4.78 is 1.59. The molecule has 126 valence electrons. The van der Waals surface area contributed by atoms with Gasteiger partial charge >= 0.3 is 0 Å². The van der Waals surface area contributed by atoms with Gasteiger partial charge in [0.1, 0.15) is 0 Å². The highest BCUT2D eigenvalue weighted by Gasteiger charge is 2.14. The number of anilines is 3. The number of nitrogen functional groups attached to an aromatic ring is 2. The van der Waals surface area contributed by atoms with E-state index < -0.39 is 0 Å². The van der Waals surface area contributed by atoms with Crippen LogP contribution in [0.4, 0.5) is 17.5 Å². The maximum atomic E-state index is 5.92. The van der Waals surface area contributed by atoms with Gasteiger partial charge in [0.15, 0.2) is 17.3 Å². The highest BCUT2D eigenvalue weighted by molar-refractivity contribution is 5.87. The van der Waals surface area contributed by atoms with Crippen molar-refractivity contribution in [3.05, 3.63) is 24.5 Å². The van der Waals surface area contributed by atoms with Gasteiger partial charge in [0.25, 0.3) is 0 Å². The monoisotopic (exact) mass is 347 g/mol. The smallest absolute Gasteiger partial charge is 0.222 e. The van der Waals surface area contributed by atoms with Crippen LogP contribution in [0.1, 0.15) is 0 Å². The molecule has 1 saturated heterocycles. The van der Waals surface area contributed by atoms with Gasteiger partial charge in [0.2, 0.25) is 5.95 Å². The number of pyridine rings is 1. The Morgan fingerprint density at radius 3 is 2.54 bits per heavy atom. The van der Waals surface area contributed by atoms with Gasteiger partial charge in [0, 0.05) is 32.4 Å². The summed E-state index contributed by atoms with van der Waals surface area (Å²) in [6.07, 6.45) is 3.42. The van der Waals surface area contributed by atoms with Gasteiger partial charge in [-0.05, 0) is 12.1 Å². The van der Waals surface area contributed by atoms with E-state index in [9.17, 15) is 0 Å². The summed E-state index contributed by atoms with van der Waals surface area (Å²) in [7, 11) is 0. The number of nitrogens with two attached hydrogens (primary N) is 2. The van der Waals surface area contributed by atoms with E-state index in [0.29, 0.717) is 22.7 Å². The minimum atomic E-state index is 0. The summed E-state index contributed by atoms with van der Waals surface area (Å²) in [6, 6.07) is 3.93. The Kier molecular flexibility index (Phi) is 4.36. The van der Waals surface area contributed by atoms with Gasteiger partial charge in [0.05, 0.1) is 17.3 Å². The Morgan fingerprint density at radius 1 is 1.04 bits per heavy atom. The van der Waals surface area contributed by atoms with E-state index in [4.69, 9.17) is 11.5 Å². The van der Waals surface area contributed by atoms with Crippen molar-refractivity contribution in [2.45, 2.75) is 0 Å². The Bertz CT molecular complexity index is 839. The largest absolute Gasteiger partial charge is 0.382 e. The number of piperazine rings is 1. The number of fused-ring (bicyclic) bond motifs is 1. The van der Waals surface area contributed by atoms with E-state index >= 15 is 0 Å². The molecular formula is C14H18ClN9. The van der Waals surface area contributed by atoms with Crippen LogP contribution in [0.25, 0.3) is 16.9 Å². The van der Waals surface area contributed by atoms with Gasteiger partial charge in [-0.15, -0.1) is 17.5 Å². The normalized spacial score (nSPS) is 14.6. The second-order valence-corrected chi connectivity index (χ2v) is 5.37. The highest BCUT2D eigenvalue weighted by atomic mass is 35.5. The van der Waals surface area contributed by atoms with Crippen LogP contribution in [-0.2, 0) is 0 Å². The molecule has 0 radical (unpaired) electrons. The molecule has 0 aromatic carbocycles. The molecular weight excluding hydrogens is 330 g/mol. The van der Waals surface area contributed by atoms with Crippen LogP contribution in [0.3, 0.4) is 0 Å². The molecule has 24 heavy (non-hydrogen) atoms. The Labute approximate surface area is 144 Å². The van der Waals surface area contributed by atoms with Crippen molar-refractivity contribution in [3.63, 3.8) is 0 Å². The molecule has 1 aliphatic rings. The molecule has 0 aliphatic carbocycles. The van der Waals surface area contributed by atoms with Crippen LogP contribution in [0.5, 0.6) is 0 Å². The standard InChI is InChI=1S/C14H17N9.ClH/c15-12-10-8-19-14(16)20-13(10)23(21-12)11-2-1-9(7-18-11)22-5-3-17-4-6-22;/h1-2,7-8,17H,3-6H2,(H2,15,21)(H2,16,19,20);1H. The average molecular weight is 348 g/mol. The summed E-state index contributed by atoms with van der Waals surface area (Å²) >= 11 is 0. The van der Waals surface area contributed by atoms with E-state index in [2.05, 4.69) is 30.3 Å². The highest BCUT2D eigenvalue weighted by Crippen LogP contribution is 2.22. The number of hydrogen-bond acceptors (Lipinski definition) is 8. The zero-order valence-corrected chi connectivity index (χ0v) is 13.7. The van der Waals surface area contributed by atoms with Crippen LogP contribution in [0.2, 0.25) is 0 Å². The van der Waals surface area contributed by atoms with Gasteiger partial charge in [-0.25, -0.2) is 9.97 Å². The Morgan fingerprint density at radius 2 is 1.83 bits per heavy atom. The summed E-state index contributed by atoms with van der Waals surface area (Å²) in [6.45, 7) is 3.92. The van der Waals surface area contributed by atoms with E-state index in [1.54, 1.807) is 10.9 Å². The van der Waals surface area contributed by atoms with Gasteiger partial charge in [-0.2, -0.15) is 9.67 Å². The lowest BCUT2D eigenvalue weighted by atomic mass is 10.3. The molecule has 4 heterocycles. The minimum absolute atomic E-state index is 0. The molecule has 1 fully saturated rings. The van der Waals surface area contributed by atoms with E-state index in [0.717, 1.165) is 31.9 Å². The number of nitrogens with one attached hydrogen (secondary N) is 1. The third-order valence-corrected chi connectivity index (χ3v) is 3.90. The van der Waals surface area contributed by atoms with E-state index in [1.807, 2.05) is 18.3 Å². The van der Waals surface area contributed by atoms with Crippen LogP contribution in [0, 0.1) is 0 Å². The number of halogens is 1. The molecule has 3 aromatic rings. The molecule has 0 spiro atoms. The molecule has 3 aromatic heterocycles. The van der Waals surface area contributed by atoms with Crippen molar-refractivity contribution in [2.24, 2.45) is 0 Å². The predicted octanol–water partition coefficient (Wildman–Crippen LogP) is 0.206. The second kappa shape index (κ2) is 6.46. The average Bonchev–Trinajstić information content (AvgIpc) is 2.92.